The third-order valence-corrected chi connectivity index (χ3v) is 13.2. The van der Waals surface area contributed by atoms with Gasteiger partial charge in [-0.25, -0.2) is 0 Å². The summed E-state index contributed by atoms with van der Waals surface area (Å²) in [5, 5.41) is 3.72. The summed E-state index contributed by atoms with van der Waals surface area (Å²) in [4.78, 5) is 57.1. The molecule has 8 rings (SSSR count). The Morgan fingerprint density at radius 2 is 1.60 bits per heavy atom. The fourth-order valence-corrected chi connectivity index (χ4v) is 11.7. The molecule has 3 aromatic carbocycles. The normalized spacial score (nSPS) is 27.0. The molecule has 240 valence electrons. The molecule has 4 aliphatic rings. The highest BCUT2D eigenvalue weighted by Crippen LogP contribution is 2.69. The van der Waals surface area contributed by atoms with Crippen LogP contribution in [0.1, 0.15) is 28.3 Å². The first-order valence-corrected chi connectivity index (χ1v) is 17.4. The molecule has 47 heavy (non-hydrogen) atoms. The Balaban J connectivity index is 1.21. The Morgan fingerprint density at radius 1 is 0.894 bits per heavy atom. The van der Waals surface area contributed by atoms with Crippen molar-refractivity contribution in [3.8, 4) is 11.5 Å². The van der Waals surface area contributed by atoms with E-state index in [1.54, 1.807) is 30.5 Å². The van der Waals surface area contributed by atoms with Gasteiger partial charge in [0.25, 0.3) is 0 Å². The van der Waals surface area contributed by atoms with E-state index in [4.69, 9.17) is 9.47 Å². The maximum absolute atomic E-state index is 14.1. The van der Waals surface area contributed by atoms with Gasteiger partial charge in [0, 0.05) is 21.7 Å². The lowest BCUT2D eigenvalue weighted by atomic mass is 9.68. The predicted octanol–water partition coefficient (Wildman–Crippen LogP) is 5.55. The van der Waals surface area contributed by atoms with Crippen LogP contribution >= 0.6 is 23.1 Å². The molecule has 11 heteroatoms. The molecule has 2 aliphatic heterocycles. The number of hydrogen-bond acceptors (Lipinski definition) is 8. The number of fused-ring (bicyclic) bond motifs is 9. The van der Waals surface area contributed by atoms with Gasteiger partial charge in [-0.2, -0.15) is 0 Å². The molecule has 3 heterocycles. The number of hydrogen-bond donors (Lipinski definition) is 1. The van der Waals surface area contributed by atoms with Crippen LogP contribution in [0.5, 0.6) is 11.5 Å². The molecular formula is C36H33N3O6S2. The van der Waals surface area contributed by atoms with Gasteiger partial charge < -0.3 is 14.8 Å². The van der Waals surface area contributed by atoms with Crippen LogP contribution in [0, 0.1) is 36.5 Å². The molecule has 9 nitrogen and oxygen atoms in total. The van der Waals surface area contributed by atoms with Gasteiger partial charge in [-0.3, -0.25) is 28.6 Å². The molecule has 0 spiro atoms. The fraction of sp³-hybridized carbons (Fsp3) is 0.333. The first-order valence-electron chi connectivity index (χ1n) is 15.7. The molecule has 3 amide bonds. The zero-order valence-electron chi connectivity index (χ0n) is 26.0. The number of carbonyl (C=O) groups excluding carboxylic acids is 3. The third-order valence-electron chi connectivity index (χ3n) is 10.5. The van der Waals surface area contributed by atoms with E-state index in [2.05, 4.69) is 5.32 Å². The molecular weight excluding hydrogens is 635 g/mol. The Bertz CT molecular complexity index is 1990. The van der Waals surface area contributed by atoms with E-state index in [1.165, 1.54) is 16.2 Å². The number of thiazole rings is 1. The minimum atomic E-state index is -0.405. The first kappa shape index (κ1) is 30.0. The molecule has 3 fully saturated rings. The molecule has 1 N–H and O–H groups in total. The van der Waals surface area contributed by atoms with Crippen molar-refractivity contribution < 1.29 is 23.9 Å². The SMILES string of the molecule is COc1ccc(C2c3sc(=O)n(CC(=O)Nc4ccccc4C)c3SC3C4CC(C5C(=O)N(c6ccccc6)C(=O)C45)C23)cc1OC. The van der Waals surface area contributed by atoms with E-state index in [0.717, 1.165) is 27.5 Å². The minimum absolute atomic E-state index is 0.0108. The molecule has 2 bridgehead atoms. The van der Waals surface area contributed by atoms with Crippen molar-refractivity contribution >= 4 is 52.2 Å². The van der Waals surface area contributed by atoms with Gasteiger partial charge in [-0.1, -0.05) is 53.8 Å². The number of benzene rings is 3. The van der Waals surface area contributed by atoms with Gasteiger partial charge in [0.1, 0.15) is 6.54 Å². The highest BCUT2D eigenvalue weighted by atomic mass is 32.2. The zero-order valence-corrected chi connectivity index (χ0v) is 27.7. The van der Waals surface area contributed by atoms with E-state index in [0.29, 0.717) is 22.9 Å². The molecule has 2 aliphatic carbocycles. The Kier molecular flexibility index (Phi) is 7.29. The summed E-state index contributed by atoms with van der Waals surface area (Å²) in [6, 6.07) is 22.6. The van der Waals surface area contributed by atoms with E-state index < -0.39 is 11.8 Å². The summed E-state index contributed by atoms with van der Waals surface area (Å²) in [7, 11) is 3.19. The number of imide groups is 1. The number of anilines is 2. The molecule has 1 aromatic heterocycles. The number of amides is 3. The summed E-state index contributed by atoms with van der Waals surface area (Å²) in [5.41, 5.74) is 3.20. The summed E-state index contributed by atoms with van der Waals surface area (Å²) in [6.07, 6.45) is 0.772. The Hall–Kier alpha value is -4.35. The second-order valence-electron chi connectivity index (χ2n) is 12.7. The van der Waals surface area contributed by atoms with Crippen LogP contribution in [-0.4, -0.2) is 41.8 Å². The van der Waals surface area contributed by atoms with Crippen LogP contribution < -0.4 is 24.6 Å². The number of nitrogens with zero attached hydrogens (tertiary/aromatic N) is 2. The lowest BCUT2D eigenvalue weighted by Gasteiger charge is -2.43. The molecule has 2 saturated carbocycles. The number of aryl methyl sites for hydroxylation is 1. The van der Waals surface area contributed by atoms with Crippen molar-refractivity contribution in [1.82, 2.24) is 4.57 Å². The Morgan fingerprint density at radius 3 is 2.32 bits per heavy atom. The van der Waals surface area contributed by atoms with Gasteiger partial charge >= 0.3 is 4.87 Å². The van der Waals surface area contributed by atoms with Crippen molar-refractivity contribution in [2.45, 2.75) is 36.1 Å². The second kappa shape index (κ2) is 11.4. The van der Waals surface area contributed by atoms with Crippen molar-refractivity contribution in [1.29, 1.82) is 0 Å². The Labute approximate surface area is 279 Å². The van der Waals surface area contributed by atoms with Gasteiger partial charge in [-0.05, 0) is 72.6 Å². The average molecular weight is 668 g/mol. The number of ether oxygens (including phenoxy) is 2. The summed E-state index contributed by atoms with van der Waals surface area (Å²) >= 11 is 2.78. The summed E-state index contributed by atoms with van der Waals surface area (Å²) in [5.74, 6) is -0.460. The van der Waals surface area contributed by atoms with E-state index in [1.807, 2.05) is 79.7 Å². The van der Waals surface area contributed by atoms with Crippen molar-refractivity contribution in [2.75, 3.05) is 24.4 Å². The summed E-state index contributed by atoms with van der Waals surface area (Å²) < 4.78 is 12.8. The topological polar surface area (TPSA) is 107 Å². The number of carbonyl (C=O) groups is 3. The highest BCUT2D eigenvalue weighted by Gasteiger charge is 2.69. The minimum Gasteiger partial charge on any atom is -0.493 e. The second-order valence-corrected chi connectivity index (χ2v) is 14.9. The van der Waals surface area contributed by atoms with Crippen LogP contribution in [0.15, 0.2) is 82.6 Å². The van der Waals surface area contributed by atoms with Crippen LogP contribution in [0.3, 0.4) is 0 Å². The van der Waals surface area contributed by atoms with E-state index >= 15 is 0 Å². The predicted molar refractivity (Wildman–Crippen MR) is 180 cm³/mol. The lowest BCUT2D eigenvalue weighted by molar-refractivity contribution is -0.123. The average Bonchev–Trinajstić information content (AvgIpc) is 3.80. The summed E-state index contributed by atoms with van der Waals surface area (Å²) in [6.45, 7) is 1.80. The van der Waals surface area contributed by atoms with Crippen molar-refractivity contribution in [3.63, 3.8) is 0 Å². The van der Waals surface area contributed by atoms with Gasteiger partial charge in [0.15, 0.2) is 11.5 Å². The number of rotatable bonds is 7. The number of methoxy groups -OCH3 is 2. The number of aromatic nitrogens is 1. The number of thioether (sulfide) groups is 1. The largest absolute Gasteiger partial charge is 0.493 e. The maximum atomic E-state index is 14.1. The van der Waals surface area contributed by atoms with Gasteiger partial charge in [-0.15, -0.1) is 11.8 Å². The maximum Gasteiger partial charge on any atom is 0.308 e. The van der Waals surface area contributed by atoms with Crippen LogP contribution in [0.25, 0.3) is 0 Å². The standard InChI is InChI=1S/C36H33N3O6S2/c1-18-9-7-8-12-23(18)37-26(40)17-38-35-32(47-36(38)43)27(19-13-14-24(44-2)25(15-19)45-3)28-21-16-22(31(28)46-35)30-29(21)33(41)39(34(30)42)20-10-5-4-6-11-20/h4-15,21-22,27-31H,16-17H2,1-3H3,(H,37,40). The molecule has 7 unspecified atom stereocenters. The van der Waals surface area contributed by atoms with E-state index in [9.17, 15) is 19.2 Å². The monoisotopic (exact) mass is 667 g/mol. The van der Waals surface area contributed by atoms with Crippen LogP contribution in [-0.2, 0) is 20.9 Å². The van der Waals surface area contributed by atoms with Crippen molar-refractivity contribution in [3.05, 3.63) is 98.5 Å². The van der Waals surface area contributed by atoms with Crippen LogP contribution in [0.4, 0.5) is 11.4 Å². The van der Waals surface area contributed by atoms with Crippen molar-refractivity contribution in [2.24, 2.45) is 29.6 Å². The number of nitrogens with one attached hydrogen (secondary N) is 1. The van der Waals surface area contributed by atoms with Gasteiger partial charge in [0.2, 0.25) is 17.7 Å². The molecule has 1 saturated heterocycles. The molecule has 0 radical (unpaired) electrons. The quantitative estimate of drug-likeness (QED) is 0.258. The fourth-order valence-electron chi connectivity index (χ4n) is 8.55. The lowest BCUT2D eigenvalue weighted by Crippen LogP contribution is -2.43. The first-order chi connectivity index (χ1) is 22.8. The molecule has 7 atom stereocenters. The third kappa shape index (κ3) is 4.57. The zero-order chi connectivity index (χ0) is 32.6. The van der Waals surface area contributed by atoms with Crippen LogP contribution in [0.2, 0.25) is 0 Å². The molecule has 4 aromatic rings. The van der Waals surface area contributed by atoms with Gasteiger partial charge in [0.05, 0.1) is 36.8 Å². The van der Waals surface area contributed by atoms with E-state index in [-0.39, 0.29) is 58.1 Å². The number of para-hydroxylation sites is 2. The highest BCUT2D eigenvalue weighted by molar-refractivity contribution is 8.00. The smallest absolute Gasteiger partial charge is 0.308 e.